The Hall–Kier alpha value is 0.01000. The van der Waals surface area contributed by atoms with Crippen LogP contribution in [0.15, 0.2) is 17.5 Å². The highest BCUT2D eigenvalue weighted by atomic mass is 32.2. The first kappa shape index (κ1) is 11.1. The van der Waals surface area contributed by atoms with Crippen LogP contribution in [0.5, 0.6) is 0 Å². The highest BCUT2D eigenvalue weighted by Crippen LogP contribution is 2.34. The number of nitrogens with two attached hydrogens (primary N) is 1. The maximum atomic E-state index is 5.95. The van der Waals surface area contributed by atoms with Crippen LogP contribution in [0.3, 0.4) is 0 Å². The highest BCUT2D eigenvalue weighted by Gasteiger charge is 2.16. The summed E-state index contributed by atoms with van der Waals surface area (Å²) in [6.07, 6.45) is 1.22. The molecule has 1 nitrogen and oxygen atoms in total. The molecule has 1 rings (SSSR count). The van der Waals surface area contributed by atoms with Crippen molar-refractivity contribution in [1.82, 2.24) is 0 Å². The molecule has 74 valence electrons. The van der Waals surface area contributed by atoms with Gasteiger partial charge in [-0.15, -0.1) is 11.3 Å². The van der Waals surface area contributed by atoms with Crippen LogP contribution in [-0.4, -0.2) is 11.8 Å². The van der Waals surface area contributed by atoms with Crippen molar-refractivity contribution < 1.29 is 0 Å². The zero-order chi connectivity index (χ0) is 9.68. The average molecular weight is 215 g/mol. The van der Waals surface area contributed by atoms with E-state index < -0.39 is 0 Å². The number of hydrogen-bond acceptors (Lipinski definition) is 3. The van der Waals surface area contributed by atoms with Crippen molar-refractivity contribution in [3.63, 3.8) is 0 Å². The maximum Gasteiger partial charge on any atom is 0.0539 e. The van der Waals surface area contributed by atoms with E-state index in [2.05, 4.69) is 31.4 Å². The lowest BCUT2D eigenvalue weighted by molar-refractivity contribution is 0.729. The van der Waals surface area contributed by atoms with Crippen molar-refractivity contribution in [1.29, 1.82) is 0 Å². The normalized spacial score (nSPS) is 15.6. The number of thiophene rings is 1. The second kappa shape index (κ2) is 5.68. The fourth-order valence-corrected chi connectivity index (χ4v) is 3.42. The molecule has 1 heterocycles. The molecule has 0 saturated carbocycles. The Labute approximate surface area is 88.7 Å². The van der Waals surface area contributed by atoms with Gasteiger partial charge in [0.1, 0.15) is 0 Å². The predicted octanol–water partition coefficient (Wildman–Crippen LogP) is 3.28. The first-order valence-electron chi connectivity index (χ1n) is 4.66. The summed E-state index contributed by atoms with van der Waals surface area (Å²) in [4.78, 5) is 1.41. The van der Waals surface area contributed by atoms with E-state index in [9.17, 15) is 0 Å². The maximum absolute atomic E-state index is 5.95. The van der Waals surface area contributed by atoms with Gasteiger partial charge in [-0.25, -0.2) is 0 Å². The van der Waals surface area contributed by atoms with Crippen LogP contribution >= 0.6 is 23.1 Å². The third-order valence-electron chi connectivity index (χ3n) is 1.80. The van der Waals surface area contributed by atoms with Crippen LogP contribution in [0, 0.1) is 0 Å². The summed E-state index contributed by atoms with van der Waals surface area (Å²) < 4.78 is 0. The summed E-state index contributed by atoms with van der Waals surface area (Å²) in [5.41, 5.74) is 5.95. The summed E-state index contributed by atoms with van der Waals surface area (Å²) in [7, 11) is 0. The molecule has 0 bridgehead atoms. The Morgan fingerprint density at radius 2 is 2.38 bits per heavy atom. The van der Waals surface area contributed by atoms with Gasteiger partial charge in [0, 0.05) is 10.9 Å². The van der Waals surface area contributed by atoms with E-state index >= 15 is 0 Å². The summed E-state index contributed by atoms with van der Waals surface area (Å²) in [5, 5.41) is 2.61. The minimum absolute atomic E-state index is 0.246. The van der Waals surface area contributed by atoms with Crippen molar-refractivity contribution in [3.8, 4) is 0 Å². The van der Waals surface area contributed by atoms with Crippen LogP contribution < -0.4 is 5.73 Å². The molecule has 0 radical (unpaired) electrons. The molecule has 1 aromatic heterocycles. The van der Waals surface area contributed by atoms with Gasteiger partial charge in [-0.3, -0.25) is 0 Å². The zero-order valence-corrected chi connectivity index (χ0v) is 9.83. The molecule has 0 aliphatic heterocycles. The van der Waals surface area contributed by atoms with Gasteiger partial charge in [0.05, 0.1) is 5.25 Å². The SMILES string of the molecule is CCCSC(c1cccs1)C(C)N. The Morgan fingerprint density at radius 3 is 2.85 bits per heavy atom. The Balaban J connectivity index is 2.58. The van der Waals surface area contributed by atoms with Gasteiger partial charge in [-0.2, -0.15) is 11.8 Å². The third-order valence-corrected chi connectivity index (χ3v) is 4.59. The number of thioether (sulfide) groups is 1. The lowest BCUT2D eigenvalue weighted by Gasteiger charge is -2.18. The Kier molecular flexibility index (Phi) is 4.84. The molecule has 0 aliphatic rings. The van der Waals surface area contributed by atoms with E-state index in [1.54, 1.807) is 0 Å². The largest absolute Gasteiger partial charge is 0.327 e. The fourth-order valence-electron chi connectivity index (χ4n) is 1.19. The minimum Gasteiger partial charge on any atom is -0.327 e. The minimum atomic E-state index is 0.246. The molecular weight excluding hydrogens is 198 g/mol. The third kappa shape index (κ3) is 3.33. The lowest BCUT2D eigenvalue weighted by atomic mass is 10.2. The molecule has 1 aromatic rings. The quantitative estimate of drug-likeness (QED) is 0.815. The van der Waals surface area contributed by atoms with Gasteiger partial charge in [-0.05, 0) is 30.5 Å². The molecule has 0 spiro atoms. The van der Waals surface area contributed by atoms with Crippen molar-refractivity contribution in [2.75, 3.05) is 5.75 Å². The molecule has 3 heteroatoms. The van der Waals surface area contributed by atoms with Gasteiger partial charge in [-0.1, -0.05) is 13.0 Å². The molecule has 13 heavy (non-hydrogen) atoms. The van der Waals surface area contributed by atoms with Crippen LogP contribution in [0.25, 0.3) is 0 Å². The van der Waals surface area contributed by atoms with Crippen molar-refractivity contribution >= 4 is 23.1 Å². The second-order valence-corrected chi connectivity index (χ2v) is 5.39. The van der Waals surface area contributed by atoms with Gasteiger partial charge < -0.3 is 5.73 Å². The topological polar surface area (TPSA) is 26.0 Å². The van der Waals surface area contributed by atoms with E-state index in [1.165, 1.54) is 17.1 Å². The molecule has 2 N–H and O–H groups in total. The molecule has 2 unspecified atom stereocenters. The number of rotatable bonds is 5. The monoisotopic (exact) mass is 215 g/mol. The standard InChI is InChI=1S/C10H17NS2/c1-3-6-13-10(8(2)11)9-5-4-7-12-9/h4-5,7-8,10H,3,6,11H2,1-2H3. The van der Waals surface area contributed by atoms with Crippen LogP contribution in [-0.2, 0) is 0 Å². The van der Waals surface area contributed by atoms with Crippen molar-refractivity contribution in [2.24, 2.45) is 5.73 Å². The first-order valence-corrected chi connectivity index (χ1v) is 6.59. The van der Waals surface area contributed by atoms with Crippen LogP contribution in [0.1, 0.15) is 30.4 Å². The molecule has 0 amide bonds. The molecular formula is C10H17NS2. The molecule has 0 fully saturated rings. The van der Waals surface area contributed by atoms with Crippen molar-refractivity contribution in [2.45, 2.75) is 31.6 Å². The Morgan fingerprint density at radius 1 is 1.62 bits per heavy atom. The second-order valence-electron chi connectivity index (χ2n) is 3.17. The van der Waals surface area contributed by atoms with E-state index in [0.29, 0.717) is 5.25 Å². The summed E-state index contributed by atoms with van der Waals surface area (Å²) >= 11 is 3.78. The summed E-state index contributed by atoms with van der Waals surface area (Å²) in [6.45, 7) is 4.30. The van der Waals surface area contributed by atoms with Gasteiger partial charge in [0.2, 0.25) is 0 Å². The molecule has 2 atom stereocenters. The Bertz CT molecular complexity index is 219. The van der Waals surface area contributed by atoms with Crippen molar-refractivity contribution in [3.05, 3.63) is 22.4 Å². The van der Waals surface area contributed by atoms with E-state index in [1.807, 2.05) is 23.1 Å². The van der Waals surface area contributed by atoms with E-state index in [-0.39, 0.29) is 6.04 Å². The molecule has 0 aromatic carbocycles. The summed E-state index contributed by atoms with van der Waals surface area (Å²) in [5.74, 6) is 1.20. The molecule has 0 aliphatic carbocycles. The van der Waals surface area contributed by atoms with Crippen LogP contribution in [0.4, 0.5) is 0 Å². The van der Waals surface area contributed by atoms with Crippen LogP contribution in [0.2, 0.25) is 0 Å². The molecule has 0 saturated heterocycles. The summed E-state index contributed by atoms with van der Waals surface area (Å²) in [6, 6.07) is 4.53. The fraction of sp³-hybridized carbons (Fsp3) is 0.600. The predicted molar refractivity (Wildman–Crippen MR) is 63.5 cm³/mol. The lowest BCUT2D eigenvalue weighted by Crippen LogP contribution is -2.22. The zero-order valence-electron chi connectivity index (χ0n) is 8.19. The highest BCUT2D eigenvalue weighted by molar-refractivity contribution is 7.99. The van der Waals surface area contributed by atoms with Gasteiger partial charge in [0.25, 0.3) is 0 Å². The van der Waals surface area contributed by atoms with E-state index in [4.69, 9.17) is 5.73 Å². The van der Waals surface area contributed by atoms with Gasteiger partial charge in [0.15, 0.2) is 0 Å². The first-order chi connectivity index (χ1) is 6.25. The smallest absolute Gasteiger partial charge is 0.0539 e. The number of hydrogen-bond donors (Lipinski definition) is 1. The average Bonchev–Trinajstić information content (AvgIpc) is 2.57. The van der Waals surface area contributed by atoms with E-state index in [0.717, 1.165) is 0 Å². The van der Waals surface area contributed by atoms with Gasteiger partial charge >= 0.3 is 0 Å².